The molecule has 11 nitrogen and oxygen atoms in total. The van der Waals surface area contributed by atoms with E-state index >= 15 is 0 Å². The zero-order valence-corrected chi connectivity index (χ0v) is 17.9. The van der Waals surface area contributed by atoms with Gasteiger partial charge in [0, 0.05) is 28.5 Å². The summed E-state index contributed by atoms with van der Waals surface area (Å²) < 4.78 is 12.1. The van der Waals surface area contributed by atoms with E-state index in [1.807, 2.05) is 0 Å². The van der Waals surface area contributed by atoms with E-state index < -0.39 is 61.1 Å². The van der Waals surface area contributed by atoms with Gasteiger partial charge in [0.25, 0.3) is 0 Å². The van der Waals surface area contributed by atoms with Crippen LogP contribution in [-0.2, 0) is 14.3 Å². The van der Waals surface area contributed by atoms with Crippen molar-refractivity contribution < 1.29 is 44.6 Å². The van der Waals surface area contributed by atoms with E-state index in [0.29, 0.717) is 15.4 Å². The molecule has 12 heteroatoms. The Hall–Kier alpha value is -2.22. The molecule has 1 aliphatic heterocycles. The largest absolute Gasteiger partial charge is 0.476 e. The number of aromatic nitrogens is 1. The first-order valence-corrected chi connectivity index (χ1v) is 10.2. The summed E-state index contributed by atoms with van der Waals surface area (Å²) in [6.45, 7) is 0.305. The number of aromatic amines is 1. The predicted molar refractivity (Wildman–Crippen MR) is 109 cm³/mol. The van der Waals surface area contributed by atoms with Gasteiger partial charge in [-0.2, -0.15) is 0 Å². The van der Waals surface area contributed by atoms with Crippen molar-refractivity contribution >= 4 is 38.7 Å². The maximum atomic E-state index is 12.2. The molecule has 170 valence electrons. The number of benzene rings is 1. The number of carbonyl (C=O) groups is 2. The first kappa shape index (κ1) is 23.4. The second-order valence-corrected chi connectivity index (χ2v) is 8.24. The second kappa shape index (κ2) is 9.10. The van der Waals surface area contributed by atoms with Crippen LogP contribution >= 0.6 is 15.9 Å². The standard InChI is InChI=1S/C19H23BrN2O9/c1-8(24)22-15-12(25)5-19(18(28)29,31-17(15)16(27)13(26)7-23)30-14-6-21-11-3-2-9(20)4-10(11)14/h2-4,6,12-13,15-17,21,23,25-27H,5,7H2,1H3,(H,22,24)(H,28,29)/t12?,13-,15?,16-,17?,19?/m0/s1. The topological polar surface area (TPSA) is 182 Å². The van der Waals surface area contributed by atoms with Crippen molar-refractivity contribution in [1.82, 2.24) is 10.3 Å². The lowest BCUT2D eigenvalue weighted by Gasteiger charge is -2.46. The average molecular weight is 503 g/mol. The number of aliphatic carboxylic acids is 1. The highest BCUT2D eigenvalue weighted by molar-refractivity contribution is 9.10. The van der Waals surface area contributed by atoms with Crippen LogP contribution in [0.25, 0.3) is 10.9 Å². The third-order valence-corrected chi connectivity index (χ3v) is 5.56. The molecule has 2 aromatic rings. The Kier molecular flexibility index (Phi) is 6.88. The molecule has 0 aliphatic carbocycles. The van der Waals surface area contributed by atoms with Crippen LogP contribution < -0.4 is 10.1 Å². The molecule has 1 amide bonds. The minimum atomic E-state index is -2.45. The summed E-state index contributed by atoms with van der Waals surface area (Å²) in [4.78, 5) is 26.7. The van der Waals surface area contributed by atoms with E-state index in [1.54, 1.807) is 18.2 Å². The van der Waals surface area contributed by atoms with Crippen LogP contribution in [0.4, 0.5) is 0 Å². The summed E-state index contributed by atoms with van der Waals surface area (Å²) in [7, 11) is 0. The van der Waals surface area contributed by atoms with Crippen LogP contribution in [0.15, 0.2) is 28.9 Å². The molecule has 7 N–H and O–H groups in total. The smallest absolute Gasteiger partial charge is 0.377 e. The van der Waals surface area contributed by atoms with Gasteiger partial charge in [0.05, 0.1) is 25.2 Å². The molecule has 1 fully saturated rings. The lowest BCUT2D eigenvalue weighted by molar-refractivity contribution is -0.284. The Balaban J connectivity index is 2.01. The summed E-state index contributed by atoms with van der Waals surface area (Å²) in [6, 6.07) is 3.95. The fraction of sp³-hybridized carbons (Fsp3) is 0.474. The van der Waals surface area contributed by atoms with Crippen molar-refractivity contribution in [2.45, 2.75) is 49.6 Å². The van der Waals surface area contributed by atoms with Crippen molar-refractivity contribution in [2.24, 2.45) is 0 Å². The Bertz CT molecular complexity index is 967. The molecule has 4 unspecified atom stereocenters. The van der Waals surface area contributed by atoms with Crippen LogP contribution in [0.1, 0.15) is 13.3 Å². The van der Waals surface area contributed by atoms with E-state index in [4.69, 9.17) is 9.47 Å². The number of carbonyl (C=O) groups excluding carboxylic acids is 1. The number of nitrogens with one attached hydrogen (secondary N) is 2. The Morgan fingerprint density at radius 3 is 2.74 bits per heavy atom. The number of aliphatic hydroxyl groups excluding tert-OH is 4. The molecule has 1 aromatic heterocycles. The number of ether oxygens (including phenoxy) is 2. The fourth-order valence-corrected chi connectivity index (χ4v) is 3.92. The van der Waals surface area contributed by atoms with Gasteiger partial charge in [0.1, 0.15) is 24.1 Å². The SMILES string of the molecule is CC(=O)NC1C(O)CC(Oc2c[nH]c3ccc(Br)cc23)(C(=O)O)OC1[C@@H](O)[C@@H](O)CO. The number of amides is 1. The zero-order valence-electron chi connectivity index (χ0n) is 16.4. The van der Waals surface area contributed by atoms with Gasteiger partial charge in [-0.25, -0.2) is 4.79 Å². The van der Waals surface area contributed by atoms with Gasteiger partial charge in [0.15, 0.2) is 0 Å². The highest BCUT2D eigenvalue weighted by Gasteiger charge is 2.56. The molecule has 1 aromatic carbocycles. The lowest BCUT2D eigenvalue weighted by Crippen LogP contribution is -2.68. The predicted octanol–water partition coefficient (Wildman–Crippen LogP) is -0.541. The van der Waals surface area contributed by atoms with Gasteiger partial charge in [-0.05, 0) is 18.2 Å². The van der Waals surface area contributed by atoms with Crippen LogP contribution in [0.2, 0.25) is 0 Å². The summed E-state index contributed by atoms with van der Waals surface area (Å²) in [6.07, 6.45) is -5.85. The van der Waals surface area contributed by atoms with Gasteiger partial charge >= 0.3 is 11.8 Å². The van der Waals surface area contributed by atoms with E-state index in [0.717, 1.165) is 6.92 Å². The molecule has 3 rings (SSSR count). The zero-order chi connectivity index (χ0) is 22.9. The van der Waals surface area contributed by atoms with Crippen molar-refractivity contribution in [3.8, 4) is 5.75 Å². The first-order chi connectivity index (χ1) is 14.6. The molecule has 0 saturated carbocycles. The number of carboxylic acids is 1. The molecule has 0 spiro atoms. The van der Waals surface area contributed by atoms with Gasteiger partial charge in [-0.1, -0.05) is 15.9 Å². The first-order valence-electron chi connectivity index (χ1n) is 9.37. The highest BCUT2D eigenvalue weighted by Crippen LogP contribution is 2.37. The average Bonchev–Trinajstić information content (AvgIpc) is 3.09. The van der Waals surface area contributed by atoms with Crippen LogP contribution in [0, 0.1) is 0 Å². The molecular weight excluding hydrogens is 480 g/mol. The van der Waals surface area contributed by atoms with Gasteiger partial charge in [0.2, 0.25) is 5.91 Å². The van der Waals surface area contributed by atoms with E-state index in [9.17, 15) is 35.1 Å². The Morgan fingerprint density at radius 2 is 2.13 bits per heavy atom. The lowest BCUT2D eigenvalue weighted by atomic mass is 9.88. The third kappa shape index (κ3) is 4.68. The molecule has 0 bridgehead atoms. The Labute approximate surface area is 184 Å². The molecule has 0 radical (unpaired) electrons. The van der Waals surface area contributed by atoms with E-state index in [1.165, 1.54) is 6.20 Å². The number of fused-ring (bicyclic) bond motifs is 1. The molecule has 2 heterocycles. The van der Waals surface area contributed by atoms with Crippen LogP contribution in [-0.4, -0.2) is 85.2 Å². The summed E-state index contributed by atoms with van der Waals surface area (Å²) in [5.41, 5.74) is 0.651. The minimum Gasteiger partial charge on any atom is -0.476 e. The maximum Gasteiger partial charge on any atom is 0.377 e. The quantitative estimate of drug-likeness (QED) is 0.261. The number of H-pyrrole nitrogens is 1. The van der Waals surface area contributed by atoms with E-state index in [-0.39, 0.29) is 5.75 Å². The van der Waals surface area contributed by atoms with Crippen molar-refractivity contribution in [1.29, 1.82) is 0 Å². The van der Waals surface area contributed by atoms with Crippen molar-refractivity contribution in [2.75, 3.05) is 6.61 Å². The molecule has 1 aliphatic rings. The van der Waals surface area contributed by atoms with Crippen molar-refractivity contribution in [3.63, 3.8) is 0 Å². The number of halogens is 1. The van der Waals surface area contributed by atoms with Gasteiger partial charge < -0.3 is 45.3 Å². The second-order valence-electron chi connectivity index (χ2n) is 7.32. The maximum absolute atomic E-state index is 12.2. The number of hydrogen-bond acceptors (Lipinski definition) is 8. The number of hydrogen-bond donors (Lipinski definition) is 7. The summed E-state index contributed by atoms with van der Waals surface area (Å²) in [5, 5.41) is 53.0. The molecule has 1 saturated heterocycles. The third-order valence-electron chi connectivity index (χ3n) is 5.07. The number of carboxylic acid groups (broad SMARTS) is 1. The Morgan fingerprint density at radius 1 is 1.42 bits per heavy atom. The van der Waals surface area contributed by atoms with Gasteiger partial charge in [-0.3, -0.25) is 4.79 Å². The number of rotatable bonds is 7. The molecular formula is C19H23BrN2O9. The highest BCUT2D eigenvalue weighted by atomic mass is 79.9. The fourth-order valence-electron chi connectivity index (χ4n) is 3.56. The normalized spacial score (nSPS) is 28.1. The van der Waals surface area contributed by atoms with E-state index in [2.05, 4.69) is 26.2 Å². The molecule has 31 heavy (non-hydrogen) atoms. The van der Waals surface area contributed by atoms with Gasteiger partial charge in [-0.15, -0.1) is 0 Å². The monoisotopic (exact) mass is 502 g/mol. The molecule has 6 atom stereocenters. The van der Waals surface area contributed by atoms with Crippen LogP contribution in [0.3, 0.4) is 0 Å². The summed E-state index contributed by atoms with van der Waals surface area (Å²) in [5.74, 6) is -4.51. The summed E-state index contributed by atoms with van der Waals surface area (Å²) >= 11 is 3.33. The van der Waals surface area contributed by atoms with Crippen molar-refractivity contribution in [3.05, 3.63) is 28.9 Å². The van der Waals surface area contributed by atoms with Crippen LogP contribution in [0.5, 0.6) is 5.75 Å². The minimum absolute atomic E-state index is 0.111. The number of aliphatic hydroxyl groups is 4.